The molecule has 1 aromatic heterocycles. The molecular weight excluding hydrogens is 316 g/mol. The van der Waals surface area contributed by atoms with Gasteiger partial charge in [0.05, 0.1) is 0 Å². The summed E-state index contributed by atoms with van der Waals surface area (Å²) in [4.78, 5) is 24.4. The largest absolute Gasteiger partial charge is 0.326 e. The lowest BCUT2D eigenvalue weighted by Crippen LogP contribution is -2.24. The monoisotopic (exact) mass is 338 g/mol. The molecule has 6 heteroatoms. The van der Waals surface area contributed by atoms with Crippen LogP contribution in [0.15, 0.2) is 54.9 Å². The lowest BCUT2D eigenvalue weighted by Gasteiger charge is -2.14. The van der Waals surface area contributed by atoms with Crippen molar-refractivity contribution in [3.8, 4) is 0 Å². The molecule has 0 saturated heterocycles. The molecule has 0 spiro atoms. The van der Waals surface area contributed by atoms with Gasteiger partial charge in [0.15, 0.2) is 0 Å². The molecule has 1 aliphatic carbocycles. The quantitative estimate of drug-likeness (QED) is 0.793. The molecular formula is C19H22N4O2. The molecule has 1 aromatic carbocycles. The third kappa shape index (κ3) is 4.56. The number of allylic oxidation sites excluding steroid dienone is 2. The molecule has 2 atom stereocenters. The predicted octanol–water partition coefficient (Wildman–Crippen LogP) is 3.38. The summed E-state index contributed by atoms with van der Waals surface area (Å²) >= 11 is 0. The summed E-state index contributed by atoms with van der Waals surface area (Å²) in [5, 5.41) is 9.83. The van der Waals surface area contributed by atoms with E-state index in [2.05, 4.69) is 27.9 Å². The van der Waals surface area contributed by atoms with E-state index in [4.69, 9.17) is 0 Å². The first-order valence-corrected chi connectivity index (χ1v) is 8.48. The molecule has 3 rings (SSSR count). The number of nitrogens with zero attached hydrogens (tertiary/aromatic N) is 2. The summed E-state index contributed by atoms with van der Waals surface area (Å²) in [6.45, 7) is 1.78. The number of anilines is 2. The molecule has 6 nitrogen and oxygen atoms in total. The lowest BCUT2D eigenvalue weighted by molar-refractivity contribution is -0.119. The van der Waals surface area contributed by atoms with Gasteiger partial charge in [-0.1, -0.05) is 18.2 Å². The number of amides is 2. The van der Waals surface area contributed by atoms with Gasteiger partial charge in [-0.3, -0.25) is 14.3 Å². The van der Waals surface area contributed by atoms with Gasteiger partial charge in [0.2, 0.25) is 11.8 Å². The minimum Gasteiger partial charge on any atom is -0.326 e. The topological polar surface area (TPSA) is 76.0 Å². The Morgan fingerprint density at radius 2 is 2.08 bits per heavy atom. The van der Waals surface area contributed by atoms with Gasteiger partial charge in [0.1, 0.15) is 6.04 Å². The number of aromatic nitrogens is 2. The van der Waals surface area contributed by atoms with Crippen molar-refractivity contribution in [2.45, 2.75) is 32.2 Å². The first-order valence-electron chi connectivity index (χ1n) is 8.48. The number of hydrogen-bond acceptors (Lipinski definition) is 3. The van der Waals surface area contributed by atoms with Gasteiger partial charge >= 0.3 is 0 Å². The second-order valence-corrected chi connectivity index (χ2v) is 6.25. The van der Waals surface area contributed by atoms with Crippen molar-refractivity contribution in [2.75, 3.05) is 10.6 Å². The maximum absolute atomic E-state index is 12.3. The van der Waals surface area contributed by atoms with E-state index in [0.717, 1.165) is 12.8 Å². The van der Waals surface area contributed by atoms with E-state index >= 15 is 0 Å². The summed E-state index contributed by atoms with van der Waals surface area (Å²) < 4.78 is 1.59. The molecule has 0 aliphatic heterocycles. The summed E-state index contributed by atoms with van der Waals surface area (Å²) in [5.41, 5.74) is 1.32. The highest BCUT2D eigenvalue weighted by Crippen LogP contribution is 2.22. The van der Waals surface area contributed by atoms with E-state index in [1.165, 1.54) is 0 Å². The Hall–Kier alpha value is -2.89. The normalized spacial score (nSPS) is 17.2. The van der Waals surface area contributed by atoms with Crippen molar-refractivity contribution in [3.63, 3.8) is 0 Å². The summed E-state index contributed by atoms with van der Waals surface area (Å²) in [5.74, 6) is 0.158. The van der Waals surface area contributed by atoms with Crippen molar-refractivity contribution in [2.24, 2.45) is 5.92 Å². The molecule has 130 valence electrons. The minimum atomic E-state index is -0.414. The first kappa shape index (κ1) is 17.0. The van der Waals surface area contributed by atoms with E-state index in [9.17, 15) is 9.59 Å². The van der Waals surface area contributed by atoms with Crippen LogP contribution in [-0.2, 0) is 9.59 Å². The third-order valence-electron chi connectivity index (χ3n) is 4.27. The number of rotatable bonds is 6. The second kappa shape index (κ2) is 7.79. The van der Waals surface area contributed by atoms with Crippen LogP contribution in [0.1, 0.15) is 32.2 Å². The molecule has 0 saturated carbocycles. The Kier molecular flexibility index (Phi) is 5.28. The van der Waals surface area contributed by atoms with E-state index < -0.39 is 6.04 Å². The minimum absolute atomic E-state index is 0.00932. The van der Waals surface area contributed by atoms with Crippen LogP contribution in [0.5, 0.6) is 0 Å². The van der Waals surface area contributed by atoms with Crippen molar-refractivity contribution < 1.29 is 9.59 Å². The van der Waals surface area contributed by atoms with Gasteiger partial charge in [0, 0.05) is 30.2 Å². The van der Waals surface area contributed by atoms with E-state index in [1.54, 1.807) is 48.3 Å². The van der Waals surface area contributed by atoms with Crippen LogP contribution in [0.4, 0.5) is 11.4 Å². The summed E-state index contributed by atoms with van der Waals surface area (Å²) in [6.07, 6.45) is 10.2. The fourth-order valence-corrected chi connectivity index (χ4v) is 2.87. The SMILES string of the molecule is CC(C(=O)Nc1cccc(NC(=O)CC2C=CCC2)c1)n1cccn1. The highest BCUT2D eigenvalue weighted by molar-refractivity contribution is 5.95. The standard InChI is InChI=1S/C19H22N4O2/c1-14(23-11-5-10-20-23)19(25)22-17-9-4-8-16(13-17)21-18(24)12-15-6-2-3-7-15/h2,4-6,8-11,13-15H,3,7,12H2,1H3,(H,21,24)(H,22,25). The van der Waals surface area contributed by atoms with E-state index in [0.29, 0.717) is 23.7 Å². The van der Waals surface area contributed by atoms with Gasteiger partial charge in [-0.05, 0) is 49.9 Å². The molecule has 0 fully saturated rings. The summed E-state index contributed by atoms with van der Waals surface area (Å²) in [6, 6.07) is 8.54. The van der Waals surface area contributed by atoms with Crippen molar-refractivity contribution in [3.05, 3.63) is 54.9 Å². The lowest BCUT2D eigenvalue weighted by atomic mass is 10.1. The zero-order valence-electron chi connectivity index (χ0n) is 14.2. The van der Waals surface area contributed by atoms with Crippen LogP contribution in [0.3, 0.4) is 0 Å². The van der Waals surface area contributed by atoms with E-state index in [1.807, 2.05) is 6.07 Å². The Balaban J connectivity index is 1.58. The highest BCUT2D eigenvalue weighted by Gasteiger charge is 2.16. The predicted molar refractivity (Wildman–Crippen MR) is 97.1 cm³/mol. The van der Waals surface area contributed by atoms with Crippen LogP contribution in [0, 0.1) is 5.92 Å². The molecule has 0 bridgehead atoms. The van der Waals surface area contributed by atoms with Gasteiger partial charge in [-0.15, -0.1) is 0 Å². The smallest absolute Gasteiger partial charge is 0.248 e. The number of benzene rings is 1. The number of hydrogen-bond donors (Lipinski definition) is 2. The van der Waals surface area contributed by atoms with Gasteiger partial charge < -0.3 is 10.6 Å². The van der Waals surface area contributed by atoms with Crippen LogP contribution in [-0.4, -0.2) is 21.6 Å². The molecule has 2 N–H and O–H groups in total. The van der Waals surface area contributed by atoms with Crippen molar-refractivity contribution >= 4 is 23.2 Å². The molecule has 2 aromatic rings. The maximum atomic E-state index is 12.3. The van der Waals surface area contributed by atoms with Gasteiger partial charge in [0.25, 0.3) is 0 Å². The van der Waals surface area contributed by atoms with Crippen LogP contribution < -0.4 is 10.6 Å². The molecule has 1 aliphatic rings. The summed E-state index contributed by atoms with van der Waals surface area (Å²) in [7, 11) is 0. The fraction of sp³-hybridized carbons (Fsp3) is 0.316. The number of carbonyl (C=O) groups excluding carboxylic acids is 2. The Morgan fingerprint density at radius 1 is 1.28 bits per heavy atom. The molecule has 2 unspecified atom stereocenters. The zero-order valence-corrected chi connectivity index (χ0v) is 14.2. The molecule has 1 heterocycles. The van der Waals surface area contributed by atoms with Crippen LogP contribution in [0.25, 0.3) is 0 Å². The Morgan fingerprint density at radius 3 is 2.76 bits per heavy atom. The Labute approximate surface area is 146 Å². The first-order chi connectivity index (χ1) is 12.1. The third-order valence-corrected chi connectivity index (χ3v) is 4.27. The number of carbonyl (C=O) groups is 2. The van der Waals surface area contributed by atoms with Crippen LogP contribution in [0.2, 0.25) is 0 Å². The molecule has 25 heavy (non-hydrogen) atoms. The number of nitrogens with one attached hydrogen (secondary N) is 2. The fourth-order valence-electron chi connectivity index (χ4n) is 2.87. The van der Waals surface area contributed by atoms with Crippen LogP contribution >= 0.6 is 0 Å². The average Bonchev–Trinajstić information content (AvgIpc) is 3.27. The maximum Gasteiger partial charge on any atom is 0.248 e. The average molecular weight is 338 g/mol. The molecule has 2 amide bonds. The van der Waals surface area contributed by atoms with Crippen molar-refractivity contribution in [1.29, 1.82) is 0 Å². The second-order valence-electron chi connectivity index (χ2n) is 6.25. The molecule has 0 radical (unpaired) electrons. The van der Waals surface area contributed by atoms with Gasteiger partial charge in [-0.25, -0.2) is 0 Å². The zero-order chi connectivity index (χ0) is 17.6. The van der Waals surface area contributed by atoms with Crippen molar-refractivity contribution in [1.82, 2.24) is 9.78 Å². The van der Waals surface area contributed by atoms with E-state index in [-0.39, 0.29) is 11.8 Å². The highest BCUT2D eigenvalue weighted by atomic mass is 16.2. The van der Waals surface area contributed by atoms with Gasteiger partial charge in [-0.2, -0.15) is 5.10 Å². The Bertz CT molecular complexity index is 767.